The second-order valence-corrected chi connectivity index (χ2v) is 6.89. The SMILES string of the molecule is CC(=O)N(CCC(=O)N1CCCC(C)C1)c1c(Cl)cccc1Cl. The van der Waals surface area contributed by atoms with Crippen molar-refractivity contribution in [1.29, 1.82) is 0 Å². The van der Waals surface area contributed by atoms with Gasteiger partial charge in [0.15, 0.2) is 0 Å². The molecule has 126 valence electrons. The summed E-state index contributed by atoms with van der Waals surface area (Å²) in [4.78, 5) is 27.7. The highest BCUT2D eigenvalue weighted by atomic mass is 35.5. The van der Waals surface area contributed by atoms with Crippen LogP contribution < -0.4 is 4.90 Å². The number of likely N-dealkylation sites (tertiary alicyclic amines) is 1. The Morgan fingerprint density at radius 2 is 1.96 bits per heavy atom. The van der Waals surface area contributed by atoms with Crippen molar-refractivity contribution in [2.75, 3.05) is 24.5 Å². The predicted molar refractivity (Wildman–Crippen MR) is 94.1 cm³/mol. The molecular formula is C17H22Cl2N2O2. The van der Waals surface area contributed by atoms with Gasteiger partial charge < -0.3 is 9.80 Å². The smallest absolute Gasteiger partial charge is 0.224 e. The predicted octanol–water partition coefficient (Wildman–Crippen LogP) is 3.99. The van der Waals surface area contributed by atoms with E-state index in [4.69, 9.17) is 23.2 Å². The van der Waals surface area contributed by atoms with Gasteiger partial charge in [0.1, 0.15) is 0 Å². The topological polar surface area (TPSA) is 40.6 Å². The van der Waals surface area contributed by atoms with Crippen LogP contribution in [0.5, 0.6) is 0 Å². The van der Waals surface area contributed by atoms with Crippen LogP contribution in [0.1, 0.15) is 33.1 Å². The van der Waals surface area contributed by atoms with Crippen LogP contribution in [0.4, 0.5) is 5.69 Å². The zero-order chi connectivity index (χ0) is 17.0. The Hall–Kier alpha value is -1.26. The molecule has 1 fully saturated rings. The number of hydrogen-bond acceptors (Lipinski definition) is 2. The molecule has 0 bridgehead atoms. The van der Waals surface area contributed by atoms with Crippen molar-refractivity contribution in [3.63, 3.8) is 0 Å². The molecule has 1 aliphatic heterocycles. The molecule has 0 spiro atoms. The number of nitrogens with zero attached hydrogens (tertiary/aromatic N) is 2. The number of benzene rings is 1. The van der Waals surface area contributed by atoms with E-state index in [1.807, 2.05) is 4.90 Å². The minimum absolute atomic E-state index is 0.0750. The van der Waals surface area contributed by atoms with Crippen LogP contribution in [0.25, 0.3) is 0 Å². The summed E-state index contributed by atoms with van der Waals surface area (Å²) in [6.07, 6.45) is 2.48. The molecule has 2 amide bonds. The van der Waals surface area contributed by atoms with Crippen LogP contribution in [0, 0.1) is 5.92 Å². The van der Waals surface area contributed by atoms with E-state index in [0.29, 0.717) is 21.7 Å². The third kappa shape index (κ3) is 4.61. The summed E-state index contributed by atoms with van der Waals surface area (Å²) >= 11 is 12.4. The number of amides is 2. The number of carbonyl (C=O) groups excluding carboxylic acids is 2. The van der Waals surface area contributed by atoms with Gasteiger partial charge in [-0.1, -0.05) is 36.2 Å². The average molecular weight is 357 g/mol. The van der Waals surface area contributed by atoms with Crippen LogP contribution in [0.3, 0.4) is 0 Å². The molecule has 1 aromatic rings. The summed E-state index contributed by atoms with van der Waals surface area (Å²) in [6.45, 7) is 5.49. The van der Waals surface area contributed by atoms with E-state index in [-0.39, 0.29) is 24.8 Å². The van der Waals surface area contributed by atoms with Gasteiger partial charge in [-0.2, -0.15) is 0 Å². The molecule has 1 heterocycles. The van der Waals surface area contributed by atoms with Gasteiger partial charge in [-0.25, -0.2) is 0 Å². The summed E-state index contributed by atoms with van der Waals surface area (Å²) in [5.74, 6) is 0.431. The van der Waals surface area contributed by atoms with E-state index < -0.39 is 0 Å². The van der Waals surface area contributed by atoms with Gasteiger partial charge in [0.2, 0.25) is 11.8 Å². The third-order valence-electron chi connectivity index (χ3n) is 4.15. The highest BCUT2D eigenvalue weighted by Gasteiger charge is 2.23. The first kappa shape index (κ1) is 18.1. The second kappa shape index (κ2) is 8.02. The Morgan fingerprint density at radius 3 is 2.52 bits per heavy atom. The fourth-order valence-electron chi connectivity index (χ4n) is 2.96. The number of halogens is 2. The number of rotatable bonds is 4. The van der Waals surface area contributed by atoms with Crippen molar-refractivity contribution in [1.82, 2.24) is 4.90 Å². The molecule has 4 nitrogen and oxygen atoms in total. The van der Waals surface area contributed by atoms with Crippen molar-refractivity contribution in [2.24, 2.45) is 5.92 Å². The molecule has 1 unspecified atom stereocenters. The maximum absolute atomic E-state index is 12.4. The fraction of sp³-hybridized carbons (Fsp3) is 0.529. The van der Waals surface area contributed by atoms with Crippen LogP contribution >= 0.6 is 23.2 Å². The minimum Gasteiger partial charge on any atom is -0.342 e. The van der Waals surface area contributed by atoms with Crippen molar-refractivity contribution in [3.8, 4) is 0 Å². The van der Waals surface area contributed by atoms with Crippen molar-refractivity contribution < 1.29 is 9.59 Å². The number of para-hydroxylation sites is 1. The lowest BCUT2D eigenvalue weighted by Crippen LogP contribution is -2.41. The Balaban J connectivity index is 2.06. The van der Waals surface area contributed by atoms with E-state index in [0.717, 1.165) is 19.5 Å². The van der Waals surface area contributed by atoms with Crippen LogP contribution in [0.2, 0.25) is 10.0 Å². The lowest BCUT2D eigenvalue weighted by atomic mass is 10.00. The zero-order valence-corrected chi connectivity index (χ0v) is 15.0. The van der Waals surface area contributed by atoms with E-state index >= 15 is 0 Å². The summed E-state index contributed by atoms with van der Waals surface area (Å²) in [7, 11) is 0. The highest BCUT2D eigenvalue weighted by molar-refractivity contribution is 6.39. The average Bonchev–Trinajstić information content (AvgIpc) is 2.49. The number of hydrogen-bond donors (Lipinski definition) is 0. The molecule has 0 saturated carbocycles. The van der Waals surface area contributed by atoms with Gasteiger partial charge in [0.25, 0.3) is 0 Å². The van der Waals surface area contributed by atoms with Crippen molar-refractivity contribution >= 4 is 40.7 Å². The first-order valence-electron chi connectivity index (χ1n) is 7.90. The molecule has 0 aliphatic carbocycles. The molecule has 1 aliphatic rings. The maximum atomic E-state index is 12.4. The maximum Gasteiger partial charge on any atom is 0.224 e. The molecule has 1 saturated heterocycles. The molecule has 0 N–H and O–H groups in total. The minimum atomic E-state index is -0.181. The molecule has 1 atom stereocenters. The highest BCUT2D eigenvalue weighted by Crippen LogP contribution is 2.33. The van der Waals surface area contributed by atoms with Crippen LogP contribution in [-0.2, 0) is 9.59 Å². The van der Waals surface area contributed by atoms with Gasteiger partial charge in [-0.3, -0.25) is 9.59 Å². The van der Waals surface area contributed by atoms with E-state index in [1.165, 1.54) is 18.2 Å². The first-order chi connectivity index (χ1) is 10.9. The Labute approximate surface area is 147 Å². The van der Waals surface area contributed by atoms with Gasteiger partial charge >= 0.3 is 0 Å². The Morgan fingerprint density at radius 1 is 1.30 bits per heavy atom. The van der Waals surface area contributed by atoms with E-state index in [2.05, 4.69) is 6.92 Å². The third-order valence-corrected chi connectivity index (χ3v) is 4.76. The summed E-state index contributed by atoms with van der Waals surface area (Å²) in [5.41, 5.74) is 0.475. The summed E-state index contributed by atoms with van der Waals surface area (Å²) < 4.78 is 0. The molecule has 23 heavy (non-hydrogen) atoms. The standard InChI is InChI=1S/C17H22Cl2N2O2/c1-12-5-4-9-20(11-12)16(23)8-10-21(13(2)22)17-14(18)6-3-7-15(17)19/h3,6-7,12H,4-5,8-11H2,1-2H3. The normalized spacial score (nSPS) is 17.9. The molecular weight excluding hydrogens is 335 g/mol. The quantitative estimate of drug-likeness (QED) is 0.817. The van der Waals surface area contributed by atoms with Gasteiger partial charge in [0, 0.05) is 33.0 Å². The van der Waals surface area contributed by atoms with Crippen LogP contribution in [-0.4, -0.2) is 36.3 Å². The number of anilines is 1. The molecule has 2 rings (SSSR count). The lowest BCUT2D eigenvalue weighted by molar-refractivity contribution is -0.132. The van der Waals surface area contributed by atoms with Gasteiger partial charge in [-0.05, 0) is 30.9 Å². The van der Waals surface area contributed by atoms with Crippen molar-refractivity contribution in [3.05, 3.63) is 28.2 Å². The van der Waals surface area contributed by atoms with E-state index in [9.17, 15) is 9.59 Å². The number of piperidine rings is 1. The largest absolute Gasteiger partial charge is 0.342 e. The lowest BCUT2D eigenvalue weighted by Gasteiger charge is -2.32. The van der Waals surface area contributed by atoms with Gasteiger partial charge in [0.05, 0.1) is 15.7 Å². The van der Waals surface area contributed by atoms with Crippen molar-refractivity contribution in [2.45, 2.75) is 33.1 Å². The van der Waals surface area contributed by atoms with Gasteiger partial charge in [-0.15, -0.1) is 0 Å². The number of carbonyl (C=O) groups is 2. The summed E-state index contributed by atoms with van der Waals surface area (Å²) in [5, 5.41) is 0.818. The second-order valence-electron chi connectivity index (χ2n) is 6.08. The molecule has 6 heteroatoms. The van der Waals surface area contributed by atoms with Crippen LogP contribution in [0.15, 0.2) is 18.2 Å². The monoisotopic (exact) mass is 356 g/mol. The molecule has 0 radical (unpaired) electrons. The Kier molecular flexibility index (Phi) is 6.31. The molecule has 1 aromatic carbocycles. The van der Waals surface area contributed by atoms with E-state index in [1.54, 1.807) is 18.2 Å². The zero-order valence-electron chi connectivity index (χ0n) is 13.5. The fourth-order valence-corrected chi connectivity index (χ4v) is 3.56. The Bertz CT molecular complexity index is 572. The first-order valence-corrected chi connectivity index (χ1v) is 8.65. The molecule has 0 aromatic heterocycles. The summed E-state index contributed by atoms with van der Waals surface area (Å²) in [6, 6.07) is 5.10.